The average Bonchev–Trinajstić information content (AvgIpc) is 2.91. The largest absolute Gasteiger partial charge is 0.508 e. The number of rotatable bonds is 1. The number of phenols is 1. The number of phenolic OH excluding ortho intramolecular Hbond substituents is 1. The van der Waals surface area contributed by atoms with Gasteiger partial charge in [-0.25, -0.2) is 0 Å². The first kappa shape index (κ1) is 15.5. The monoisotopic (exact) mass is 324 g/mol. The fraction of sp³-hybridized carbons (Fsp3) is 0.250. The minimum atomic E-state index is -4.50. The second kappa shape index (κ2) is 5.34. The number of nitrogens with two attached hydrogens (primary N) is 1. The Morgan fingerprint density at radius 3 is 2.65 bits per heavy atom. The Morgan fingerprint density at radius 2 is 2.00 bits per heavy atom. The Hall–Kier alpha value is -2.41. The zero-order chi connectivity index (χ0) is 16.8. The third-order valence-corrected chi connectivity index (χ3v) is 3.94. The molecular formula is C16H15F3N2O2. The minimum absolute atomic E-state index is 0.367. The van der Waals surface area contributed by atoms with Gasteiger partial charge < -0.3 is 15.3 Å². The number of alkyl halides is 3. The minimum Gasteiger partial charge on any atom is -0.508 e. The lowest BCUT2D eigenvalue weighted by molar-refractivity contribution is -0.137. The predicted molar refractivity (Wildman–Crippen MR) is 78.5 cm³/mol. The van der Waals surface area contributed by atoms with Crippen LogP contribution in [0.4, 0.5) is 13.2 Å². The maximum absolute atomic E-state index is 12.8. The summed E-state index contributed by atoms with van der Waals surface area (Å²) in [6.45, 7) is 0.473. The molecule has 0 saturated carbocycles. The van der Waals surface area contributed by atoms with Gasteiger partial charge in [0.15, 0.2) is 5.76 Å². The second-order valence-electron chi connectivity index (χ2n) is 5.48. The maximum Gasteiger partial charge on any atom is 0.416 e. The van der Waals surface area contributed by atoms with Crippen molar-refractivity contribution in [2.24, 2.45) is 5.73 Å². The maximum atomic E-state index is 12.8. The van der Waals surface area contributed by atoms with Crippen LogP contribution in [0.1, 0.15) is 28.5 Å². The van der Waals surface area contributed by atoms with Crippen LogP contribution in [-0.2, 0) is 6.18 Å². The number of hydrogen-bond donors (Lipinski definition) is 2. The van der Waals surface area contributed by atoms with Crippen LogP contribution in [0.25, 0.3) is 5.70 Å². The Kier molecular flexibility index (Phi) is 3.60. The summed E-state index contributed by atoms with van der Waals surface area (Å²) in [6.07, 6.45) is -1.26. The standard InChI is InChI=1S/C16H15F3N2O2/c1-21-6-4-12(20)15-11(5-7-23-15)14(21)10-3-2-9(8-13(10)22)16(17,18)19/h2-5,7-8,14,22H,6,20H2,1H3. The van der Waals surface area contributed by atoms with E-state index in [1.807, 2.05) is 4.90 Å². The van der Waals surface area contributed by atoms with Crippen molar-refractivity contribution in [1.29, 1.82) is 0 Å². The molecule has 0 bridgehead atoms. The smallest absolute Gasteiger partial charge is 0.416 e. The van der Waals surface area contributed by atoms with E-state index >= 15 is 0 Å². The van der Waals surface area contributed by atoms with Gasteiger partial charge in [-0.3, -0.25) is 4.90 Å². The highest BCUT2D eigenvalue weighted by Gasteiger charge is 2.33. The van der Waals surface area contributed by atoms with Crippen LogP contribution in [0, 0.1) is 0 Å². The fourth-order valence-electron chi connectivity index (χ4n) is 2.80. The Balaban J connectivity index is 2.10. The molecule has 2 aromatic rings. The van der Waals surface area contributed by atoms with Gasteiger partial charge in [0.1, 0.15) is 5.75 Å². The summed E-state index contributed by atoms with van der Waals surface area (Å²) in [4.78, 5) is 1.87. The zero-order valence-electron chi connectivity index (χ0n) is 12.3. The van der Waals surface area contributed by atoms with E-state index in [2.05, 4.69) is 0 Å². The van der Waals surface area contributed by atoms with Crippen LogP contribution in [0.2, 0.25) is 0 Å². The summed E-state index contributed by atoms with van der Waals surface area (Å²) in [5.74, 6) is 0.0583. The average molecular weight is 324 g/mol. The summed E-state index contributed by atoms with van der Waals surface area (Å²) < 4.78 is 43.7. The summed E-state index contributed by atoms with van der Waals surface area (Å²) in [5, 5.41) is 10.1. The molecule has 1 aromatic heterocycles. The molecule has 1 aromatic carbocycles. The van der Waals surface area contributed by atoms with Crippen molar-refractivity contribution in [2.75, 3.05) is 13.6 Å². The van der Waals surface area contributed by atoms with Crippen LogP contribution in [0.15, 0.2) is 41.0 Å². The Labute approximate surface area is 130 Å². The normalized spacial score (nSPS) is 19.1. The molecule has 1 aliphatic rings. The van der Waals surface area contributed by atoms with E-state index in [4.69, 9.17) is 10.2 Å². The topological polar surface area (TPSA) is 62.6 Å². The molecule has 1 atom stereocenters. The first-order valence-electron chi connectivity index (χ1n) is 6.93. The summed E-state index contributed by atoms with van der Waals surface area (Å²) in [5.41, 5.74) is 6.59. The molecule has 1 unspecified atom stereocenters. The fourth-order valence-corrected chi connectivity index (χ4v) is 2.80. The van der Waals surface area contributed by atoms with E-state index in [0.717, 1.165) is 12.1 Å². The second-order valence-corrected chi connectivity index (χ2v) is 5.48. The van der Waals surface area contributed by atoms with E-state index in [1.54, 1.807) is 19.2 Å². The lowest BCUT2D eigenvalue weighted by atomic mass is 9.95. The predicted octanol–water partition coefficient (Wildman–Crippen LogP) is 3.34. The van der Waals surface area contributed by atoms with Crippen molar-refractivity contribution in [3.63, 3.8) is 0 Å². The van der Waals surface area contributed by atoms with Crippen molar-refractivity contribution >= 4 is 5.70 Å². The van der Waals surface area contributed by atoms with Gasteiger partial charge in [-0.2, -0.15) is 13.2 Å². The molecule has 0 fully saturated rings. The van der Waals surface area contributed by atoms with E-state index < -0.39 is 23.5 Å². The number of furan rings is 1. The van der Waals surface area contributed by atoms with Crippen molar-refractivity contribution in [3.05, 3.63) is 59.1 Å². The molecular weight excluding hydrogens is 309 g/mol. The SMILES string of the molecule is CN1CC=C(N)c2occc2C1c1ccc(C(F)(F)F)cc1O. The molecule has 2 heterocycles. The van der Waals surface area contributed by atoms with Crippen LogP contribution < -0.4 is 5.73 Å². The number of fused-ring (bicyclic) bond motifs is 1. The lowest BCUT2D eigenvalue weighted by Crippen LogP contribution is -2.25. The molecule has 3 rings (SSSR count). The van der Waals surface area contributed by atoms with E-state index in [-0.39, 0.29) is 0 Å². The number of aromatic hydroxyl groups is 1. The van der Waals surface area contributed by atoms with E-state index in [0.29, 0.717) is 29.1 Å². The van der Waals surface area contributed by atoms with E-state index in [9.17, 15) is 18.3 Å². The third-order valence-electron chi connectivity index (χ3n) is 3.94. The molecule has 0 saturated heterocycles. The van der Waals surface area contributed by atoms with Gasteiger partial charge >= 0.3 is 6.18 Å². The molecule has 4 nitrogen and oxygen atoms in total. The highest BCUT2D eigenvalue weighted by molar-refractivity contribution is 5.64. The molecule has 1 aliphatic heterocycles. The number of likely N-dealkylation sites (N-methyl/N-ethyl adjacent to an activating group) is 1. The molecule has 0 spiro atoms. The summed E-state index contributed by atoms with van der Waals surface area (Å²) in [6, 6.07) is 4.25. The van der Waals surface area contributed by atoms with Crippen molar-refractivity contribution in [1.82, 2.24) is 4.90 Å². The van der Waals surface area contributed by atoms with Crippen LogP contribution in [0.3, 0.4) is 0 Å². The third kappa shape index (κ3) is 2.68. The number of halogens is 3. The van der Waals surface area contributed by atoms with Gasteiger partial charge in [0, 0.05) is 17.7 Å². The van der Waals surface area contributed by atoms with Gasteiger partial charge in [0.2, 0.25) is 0 Å². The van der Waals surface area contributed by atoms with Gasteiger partial charge in [-0.05, 0) is 31.3 Å². The van der Waals surface area contributed by atoms with Gasteiger partial charge in [0.05, 0.1) is 23.6 Å². The zero-order valence-corrected chi connectivity index (χ0v) is 12.3. The quantitative estimate of drug-likeness (QED) is 0.844. The highest BCUT2D eigenvalue weighted by Crippen LogP contribution is 2.40. The van der Waals surface area contributed by atoms with Crippen LogP contribution in [-0.4, -0.2) is 23.6 Å². The number of benzene rings is 1. The summed E-state index contributed by atoms with van der Waals surface area (Å²) in [7, 11) is 1.80. The van der Waals surface area contributed by atoms with Gasteiger partial charge in [-0.1, -0.05) is 6.07 Å². The summed E-state index contributed by atoms with van der Waals surface area (Å²) >= 11 is 0. The lowest BCUT2D eigenvalue weighted by Gasteiger charge is -2.27. The highest BCUT2D eigenvalue weighted by atomic mass is 19.4. The molecule has 0 radical (unpaired) electrons. The van der Waals surface area contributed by atoms with Crippen molar-refractivity contribution < 1.29 is 22.7 Å². The molecule has 3 N–H and O–H groups in total. The van der Waals surface area contributed by atoms with E-state index in [1.165, 1.54) is 12.3 Å². The first-order valence-corrected chi connectivity index (χ1v) is 6.93. The molecule has 7 heteroatoms. The molecule has 0 amide bonds. The first-order chi connectivity index (χ1) is 10.8. The number of nitrogens with zero attached hydrogens (tertiary/aromatic N) is 1. The van der Waals surface area contributed by atoms with Crippen LogP contribution >= 0.6 is 0 Å². The van der Waals surface area contributed by atoms with Crippen molar-refractivity contribution in [3.8, 4) is 5.75 Å². The Morgan fingerprint density at radius 1 is 1.26 bits per heavy atom. The number of hydrogen-bond acceptors (Lipinski definition) is 4. The molecule has 0 aliphatic carbocycles. The molecule has 23 heavy (non-hydrogen) atoms. The van der Waals surface area contributed by atoms with Crippen molar-refractivity contribution in [2.45, 2.75) is 12.2 Å². The Bertz CT molecular complexity index is 765. The van der Waals surface area contributed by atoms with Gasteiger partial charge in [0.25, 0.3) is 0 Å². The molecule has 122 valence electrons. The van der Waals surface area contributed by atoms with Gasteiger partial charge in [-0.15, -0.1) is 0 Å². The van der Waals surface area contributed by atoms with Crippen LogP contribution in [0.5, 0.6) is 5.75 Å².